The number of hydrogen-bond donors (Lipinski definition) is 0. The fourth-order valence-corrected chi connectivity index (χ4v) is 1.80. The van der Waals surface area contributed by atoms with Crippen LogP contribution in [0.5, 0.6) is 5.75 Å². The van der Waals surface area contributed by atoms with Crippen molar-refractivity contribution in [1.82, 2.24) is 0 Å². The number of nitrogens with zero attached hydrogens (tertiary/aromatic N) is 1. The second kappa shape index (κ2) is 6.09. The summed E-state index contributed by atoms with van der Waals surface area (Å²) in [5.74, 6) is -0.181. The van der Waals surface area contributed by atoms with Gasteiger partial charge in [-0.2, -0.15) is 5.26 Å². The maximum absolute atomic E-state index is 10.8. The fourth-order valence-electron chi connectivity index (χ4n) is 1.63. The molecule has 2 rings (SSSR count). The van der Waals surface area contributed by atoms with Crippen LogP contribution in [-0.4, -0.2) is 5.97 Å². The summed E-state index contributed by atoms with van der Waals surface area (Å²) >= 11 is 5.97. The van der Waals surface area contributed by atoms with E-state index in [1.807, 2.05) is 6.07 Å². The molecule has 100 valence electrons. The highest BCUT2D eigenvalue weighted by Gasteiger charge is 2.10. The third kappa shape index (κ3) is 3.28. The molecule has 0 aliphatic heterocycles. The van der Waals surface area contributed by atoms with Crippen LogP contribution in [0.2, 0.25) is 5.02 Å². The zero-order valence-corrected chi connectivity index (χ0v) is 11.3. The summed E-state index contributed by atoms with van der Waals surface area (Å²) in [5, 5.41) is 9.32. The number of hydrogen-bond acceptors (Lipinski definition) is 4. The monoisotopic (exact) mass is 287 g/mol. The van der Waals surface area contributed by atoms with E-state index in [1.54, 1.807) is 42.5 Å². The van der Waals surface area contributed by atoms with Crippen molar-refractivity contribution in [3.8, 4) is 22.9 Å². The fraction of sp³-hybridized carbons (Fsp3) is 0.0667. The van der Waals surface area contributed by atoms with E-state index >= 15 is 0 Å². The summed E-state index contributed by atoms with van der Waals surface area (Å²) in [6, 6.07) is 13.9. The Morgan fingerprint density at radius 2 is 1.90 bits per heavy atom. The SMILES string of the molecule is CC(=O)OOc1ccc(Cl)cc1-c1ccc(C#N)cc1. The summed E-state index contributed by atoms with van der Waals surface area (Å²) in [4.78, 5) is 20.3. The van der Waals surface area contributed by atoms with E-state index in [0.29, 0.717) is 21.9 Å². The lowest BCUT2D eigenvalue weighted by Gasteiger charge is -2.09. The van der Waals surface area contributed by atoms with E-state index in [9.17, 15) is 4.79 Å². The minimum Gasteiger partial charge on any atom is -0.286 e. The summed E-state index contributed by atoms with van der Waals surface area (Å²) in [5.41, 5.74) is 2.02. The molecule has 5 heteroatoms. The van der Waals surface area contributed by atoms with Gasteiger partial charge in [0.15, 0.2) is 5.75 Å². The normalized spacial score (nSPS) is 9.65. The average Bonchev–Trinajstić information content (AvgIpc) is 2.46. The van der Waals surface area contributed by atoms with Crippen molar-refractivity contribution in [1.29, 1.82) is 5.26 Å². The molecule has 20 heavy (non-hydrogen) atoms. The van der Waals surface area contributed by atoms with Gasteiger partial charge in [-0.3, -0.25) is 9.78 Å². The predicted molar refractivity (Wildman–Crippen MR) is 74.0 cm³/mol. The molecule has 0 unspecified atom stereocenters. The second-order valence-electron chi connectivity index (χ2n) is 3.99. The maximum Gasteiger partial charge on any atom is 0.352 e. The summed E-state index contributed by atoms with van der Waals surface area (Å²) in [6.07, 6.45) is 0. The van der Waals surface area contributed by atoms with Crippen LogP contribution >= 0.6 is 11.6 Å². The van der Waals surface area contributed by atoms with Crippen LogP contribution in [0.4, 0.5) is 0 Å². The predicted octanol–water partition coefficient (Wildman–Crippen LogP) is 3.74. The molecule has 0 saturated carbocycles. The molecule has 0 aliphatic carbocycles. The third-order valence-electron chi connectivity index (χ3n) is 2.52. The molecule has 0 amide bonds. The lowest BCUT2D eigenvalue weighted by atomic mass is 10.0. The van der Waals surface area contributed by atoms with Crippen molar-refractivity contribution >= 4 is 17.6 Å². The summed E-state index contributed by atoms with van der Waals surface area (Å²) in [6.45, 7) is 1.25. The van der Waals surface area contributed by atoms with Crippen LogP contribution in [-0.2, 0) is 9.68 Å². The van der Waals surface area contributed by atoms with E-state index < -0.39 is 5.97 Å². The highest BCUT2D eigenvalue weighted by molar-refractivity contribution is 6.31. The lowest BCUT2D eigenvalue weighted by molar-refractivity contribution is -0.210. The van der Waals surface area contributed by atoms with Crippen molar-refractivity contribution in [3.63, 3.8) is 0 Å². The van der Waals surface area contributed by atoms with Crippen molar-refractivity contribution in [3.05, 3.63) is 53.1 Å². The molecule has 4 nitrogen and oxygen atoms in total. The van der Waals surface area contributed by atoms with E-state index in [1.165, 1.54) is 6.92 Å². The van der Waals surface area contributed by atoms with Gasteiger partial charge < -0.3 is 0 Å². The van der Waals surface area contributed by atoms with E-state index in [4.69, 9.17) is 21.8 Å². The molecular weight excluding hydrogens is 278 g/mol. The number of halogens is 1. The van der Waals surface area contributed by atoms with Crippen LogP contribution in [0.1, 0.15) is 12.5 Å². The Morgan fingerprint density at radius 1 is 1.20 bits per heavy atom. The van der Waals surface area contributed by atoms with Crippen molar-refractivity contribution < 1.29 is 14.6 Å². The zero-order chi connectivity index (χ0) is 14.5. The highest BCUT2D eigenvalue weighted by atomic mass is 35.5. The largest absolute Gasteiger partial charge is 0.352 e. The average molecular weight is 288 g/mol. The van der Waals surface area contributed by atoms with E-state index in [-0.39, 0.29) is 0 Å². The van der Waals surface area contributed by atoms with Gasteiger partial charge in [-0.25, -0.2) is 4.79 Å². The van der Waals surface area contributed by atoms with Crippen molar-refractivity contribution in [2.45, 2.75) is 6.92 Å². The Labute approximate surface area is 121 Å². The van der Waals surface area contributed by atoms with Crippen LogP contribution in [0.3, 0.4) is 0 Å². The van der Waals surface area contributed by atoms with Gasteiger partial charge in [0.25, 0.3) is 0 Å². The summed E-state index contributed by atoms with van der Waals surface area (Å²) in [7, 11) is 0. The Bertz CT molecular complexity index is 675. The standard InChI is InChI=1S/C15H10ClNO3/c1-10(18)19-20-15-7-6-13(16)8-14(15)12-4-2-11(9-17)3-5-12/h2-8H,1H3. The smallest absolute Gasteiger partial charge is 0.286 e. The molecule has 2 aromatic carbocycles. The molecule has 0 atom stereocenters. The number of carbonyl (C=O) groups excluding carboxylic acids is 1. The van der Waals surface area contributed by atoms with Crippen LogP contribution in [0, 0.1) is 11.3 Å². The molecule has 0 spiro atoms. The first kappa shape index (κ1) is 13.9. The Hall–Kier alpha value is -2.51. The molecule has 0 N–H and O–H groups in total. The molecule has 0 bridgehead atoms. The molecule has 2 aromatic rings. The zero-order valence-electron chi connectivity index (χ0n) is 10.6. The minimum atomic E-state index is -0.550. The van der Waals surface area contributed by atoms with Crippen LogP contribution < -0.4 is 4.89 Å². The molecule has 0 fully saturated rings. The van der Waals surface area contributed by atoms with Crippen molar-refractivity contribution in [2.75, 3.05) is 0 Å². The van der Waals surface area contributed by atoms with Crippen LogP contribution in [0.15, 0.2) is 42.5 Å². The molecule has 0 heterocycles. The molecule has 0 aliphatic rings. The first-order valence-electron chi connectivity index (χ1n) is 5.75. The highest BCUT2D eigenvalue weighted by Crippen LogP contribution is 2.33. The molecular formula is C15H10ClNO3. The lowest BCUT2D eigenvalue weighted by Crippen LogP contribution is -2.03. The Morgan fingerprint density at radius 3 is 2.50 bits per heavy atom. The van der Waals surface area contributed by atoms with Gasteiger partial charge in [0.1, 0.15) is 0 Å². The van der Waals surface area contributed by atoms with Gasteiger partial charge in [0.05, 0.1) is 11.6 Å². The number of carbonyl (C=O) groups is 1. The topological polar surface area (TPSA) is 59.3 Å². The van der Waals surface area contributed by atoms with Crippen molar-refractivity contribution in [2.24, 2.45) is 0 Å². The van der Waals surface area contributed by atoms with Gasteiger partial charge in [0.2, 0.25) is 0 Å². The Kier molecular flexibility index (Phi) is 4.24. The van der Waals surface area contributed by atoms with Gasteiger partial charge in [-0.15, -0.1) is 0 Å². The quantitative estimate of drug-likeness (QED) is 0.637. The Balaban J connectivity index is 2.39. The minimum absolute atomic E-state index is 0.370. The molecule has 0 saturated heterocycles. The maximum atomic E-state index is 10.8. The number of rotatable bonds is 3. The summed E-state index contributed by atoms with van der Waals surface area (Å²) < 4.78 is 0. The number of benzene rings is 2. The third-order valence-corrected chi connectivity index (χ3v) is 2.75. The molecule has 0 radical (unpaired) electrons. The van der Waals surface area contributed by atoms with E-state index in [2.05, 4.69) is 4.89 Å². The molecule has 0 aromatic heterocycles. The van der Waals surface area contributed by atoms with Gasteiger partial charge in [-0.1, -0.05) is 23.7 Å². The van der Waals surface area contributed by atoms with E-state index in [0.717, 1.165) is 5.56 Å². The van der Waals surface area contributed by atoms with Crippen LogP contribution in [0.25, 0.3) is 11.1 Å². The van der Waals surface area contributed by atoms with Gasteiger partial charge in [0, 0.05) is 17.5 Å². The first-order valence-corrected chi connectivity index (χ1v) is 6.13. The first-order chi connectivity index (χ1) is 9.60. The number of nitriles is 1. The second-order valence-corrected chi connectivity index (χ2v) is 4.42. The van der Waals surface area contributed by atoms with Gasteiger partial charge in [-0.05, 0) is 35.9 Å². The van der Waals surface area contributed by atoms with Gasteiger partial charge >= 0.3 is 5.97 Å².